The molecule has 2 aromatic heterocycles. The molecule has 188 valence electrons. The van der Waals surface area contributed by atoms with E-state index in [0.29, 0.717) is 24.7 Å². The van der Waals surface area contributed by atoms with Crippen molar-refractivity contribution >= 4 is 49.8 Å². The van der Waals surface area contributed by atoms with Crippen molar-refractivity contribution in [2.24, 2.45) is 8.80 Å². The summed E-state index contributed by atoms with van der Waals surface area (Å²) in [5.41, 5.74) is 1.69. The van der Waals surface area contributed by atoms with E-state index in [0.717, 1.165) is 29.1 Å². The highest BCUT2D eigenvalue weighted by Gasteiger charge is 2.30. The molecule has 34 heavy (non-hydrogen) atoms. The van der Waals surface area contributed by atoms with Gasteiger partial charge < -0.3 is 20.2 Å². The summed E-state index contributed by atoms with van der Waals surface area (Å²) >= 11 is -0.891. The summed E-state index contributed by atoms with van der Waals surface area (Å²) in [5, 5.41) is 18.3. The standard InChI is InChI=1S/C21H31N5O5S3/c1-6-15(18-9-14(11-31-18)13(4)5)22-10-16-20(25-33(28)24-16)23-17-12-32-21(19(17)27)34(29,30)26(7-2)8-3/h9,11-13,15,22,27H,6-8,10H2,1-5H3,(H,23,25)/t15-,33?/m1/s1. The number of thiophene rings is 1. The predicted octanol–water partition coefficient (Wildman–Crippen LogP) is 3.79. The Morgan fingerprint density at radius 1 is 1.24 bits per heavy atom. The minimum absolute atomic E-state index is 0.0779. The Balaban J connectivity index is 1.73. The smallest absolute Gasteiger partial charge is 0.268 e. The van der Waals surface area contributed by atoms with Crippen LogP contribution in [0, 0.1) is 0 Å². The number of hydrogen-bond acceptors (Lipinski definition) is 8. The molecule has 10 nitrogen and oxygen atoms in total. The lowest BCUT2D eigenvalue weighted by molar-refractivity contribution is 0.417. The number of sulfonamides is 1. The van der Waals surface area contributed by atoms with Crippen LogP contribution in [-0.2, 0) is 21.2 Å². The van der Waals surface area contributed by atoms with Crippen LogP contribution in [0.3, 0.4) is 0 Å². The van der Waals surface area contributed by atoms with Gasteiger partial charge in [0.15, 0.2) is 15.8 Å². The van der Waals surface area contributed by atoms with E-state index < -0.39 is 26.9 Å². The maximum Gasteiger partial charge on any atom is 0.268 e. The van der Waals surface area contributed by atoms with Gasteiger partial charge in [-0.15, -0.1) is 15.7 Å². The number of nitrogens with one attached hydrogen (secondary N) is 2. The van der Waals surface area contributed by atoms with Gasteiger partial charge in [-0.3, -0.25) is 0 Å². The van der Waals surface area contributed by atoms with Gasteiger partial charge in [0.2, 0.25) is 0 Å². The zero-order valence-electron chi connectivity index (χ0n) is 19.9. The number of rotatable bonds is 11. The van der Waals surface area contributed by atoms with Crippen molar-refractivity contribution in [3.63, 3.8) is 0 Å². The van der Waals surface area contributed by atoms with Gasteiger partial charge in [0.25, 0.3) is 21.2 Å². The number of hydrogen-bond donors (Lipinski definition) is 3. The number of anilines is 1. The minimum atomic E-state index is -3.82. The van der Waals surface area contributed by atoms with Crippen molar-refractivity contribution < 1.29 is 22.2 Å². The molecule has 0 aromatic carbocycles. The fourth-order valence-electron chi connectivity index (χ4n) is 3.43. The average Bonchev–Trinajstić information content (AvgIpc) is 3.50. The van der Waals surface area contributed by atoms with Gasteiger partial charge in [-0.05, 0) is 24.0 Å². The van der Waals surface area contributed by atoms with Gasteiger partial charge >= 0.3 is 0 Å². The van der Waals surface area contributed by atoms with Crippen LogP contribution in [0.2, 0.25) is 0 Å². The SMILES string of the molecule is CC[C@@H](NCC1=NS(=O)N=C1Nc1csc(S(=O)(=O)N(CC)CC)c1O)c1cc(C(C)C)co1. The molecule has 0 saturated carbocycles. The number of furan rings is 1. The summed E-state index contributed by atoms with van der Waals surface area (Å²) in [6.45, 7) is 10.5. The quantitative estimate of drug-likeness (QED) is 0.403. The first kappa shape index (κ1) is 26.5. The van der Waals surface area contributed by atoms with Crippen LogP contribution in [0.1, 0.15) is 64.3 Å². The second-order valence-corrected chi connectivity index (χ2v) is 11.8. The third-order valence-electron chi connectivity index (χ3n) is 5.47. The van der Waals surface area contributed by atoms with Crippen LogP contribution in [0.25, 0.3) is 0 Å². The Morgan fingerprint density at radius 3 is 2.53 bits per heavy atom. The van der Waals surface area contributed by atoms with Crippen LogP contribution >= 0.6 is 11.3 Å². The highest BCUT2D eigenvalue weighted by atomic mass is 32.2. The van der Waals surface area contributed by atoms with Gasteiger partial charge in [-0.2, -0.15) is 8.70 Å². The first-order valence-electron chi connectivity index (χ1n) is 11.1. The lowest BCUT2D eigenvalue weighted by Gasteiger charge is -2.17. The molecule has 1 unspecified atom stereocenters. The van der Waals surface area contributed by atoms with E-state index in [1.165, 1.54) is 9.69 Å². The van der Waals surface area contributed by atoms with Gasteiger partial charge in [-0.1, -0.05) is 34.6 Å². The first-order valence-corrected chi connectivity index (χ1v) is 14.5. The summed E-state index contributed by atoms with van der Waals surface area (Å²) in [5.74, 6) is 0.975. The normalized spacial score (nSPS) is 17.3. The molecule has 1 aliphatic heterocycles. The van der Waals surface area contributed by atoms with E-state index >= 15 is 0 Å². The summed E-state index contributed by atoms with van der Waals surface area (Å²) in [6.07, 6.45) is 2.52. The lowest BCUT2D eigenvalue weighted by atomic mass is 10.1. The molecule has 3 rings (SSSR count). The van der Waals surface area contributed by atoms with Gasteiger partial charge in [0.05, 0.1) is 18.0 Å². The average molecular weight is 530 g/mol. The molecule has 0 saturated heterocycles. The zero-order valence-corrected chi connectivity index (χ0v) is 22.3. The molecular formula is C21H31N5O5S3. The Kier molecular flexibility index (Phi) is 8.68. The highest BCUT2D eigenvalue weighted by molar-refractivity contribution is 7.91. The summed E-state index contributed by atoms with van der Waals surface area (Å²) in [7, 11) is -3.82. The van der Waals surface area contributed by atoms with Gasteiger partial charge in [0.1, 0.15) is 11.5 Å². The first-order chi connectivity index (χ1) is 16.1. The summed E-state index contributed by atoms with van der Waals surface area (Å²) in [4.78, 5) is 0. The Bertz CT molecular complexity index is 1200. The minimum Gasteiger partial charge on any atom is -0.504 e. The van der Waals surface area contributed by atoms with E-state index in [-0.39, 0.29) is 28.3 Å². The van der Waals surface area contributed by atoms with Crippen molar-refractivity contribution in [1.82, 2.24) is 9.62 Å². The number of nitrogens with zero attached hydrogens (tertiary/aromatic N) is 3. The van der Waals surface area contributed by atoms with Crippen molar-refractivity contribution in [1.29, 1.82) is 0 Å². The summed E-state index contributed by atoms with van der Waals surface area (Å²) < 4.78 is 52.5. The van der Waals surface area contributed by atoms with Crippen LogP contribution in [-0.4, -0.2) is 53.2 Å². The lowest BCUT2D eigenvalue weighted by Crippen LogP contribution is -2.33. The maximum absolute atomic E-state index is 12.8. The highest BCUT2D eigenvalue weighted by Crippen LogP contribution is 2.39. The van der Waals surface area contributed by atoms with Crippen LogP contribution in [0.4, 0.5) is 5.69 Å². The van der Waals surface area contributed by atoms with Crippen molar-refractivity contribution in [2.75, 3.05) is 25.0 Å². The topological polar surface area (TPSA) is 137 Å². The maximum atomic E-state index is 12.8. The van der Waals surface area contributed by atoms with Crippen molar-refractivity contribution in [3.8, 4) is 5.75 Å². The van der Waals surface area contributed by atoms with Crippen LogP contribution in [0.15, 0.2) is 35.1 Å². The summed E-state index contributed by atoms with van der Waals surface area (Å²) in [6, 6.07) is 1.94. The Morgan fingerprint density at radius 2 is 1.94 bits per heavy atom. The second-order valence-electron chi connectivity index (χ2n) is 7.99. The molecule has 13 heteroatoms. The second kappa shape index (κ2) is 11.1. The predicted molar refractivity (Wildman–Crippen MR) is 137 cm³/mol. The fourth-order valence-corrected chi connectivity index (χ4v) is 6.95. The molecule has 3 N–H and O–H groups in total. The molecule has 0 fully saturated rings. The number of amidine groups is 1. The van der Waals surface area contributed by atoms with E-state index in [9.17, 15) is 17.7 Å². The van der Waals surface area contributed by atoms with Crippen molar-refractivity contribution in [3.05, 3.63) is 29.0 Å². The van der Waals surface area contributed by atoms with Crippen LogP contribution in [0.5, 0.6) is 5.75 Å². The third-order valence-corrected chi connectivity index (χ3v) is 9.73. The molecule has 2 atom stereocenters. The fraction of sp³-hybridized carbons (Fsp3) is 0.524. The van der Waals surface area contributed by atoms with E-state index in [4.69, 9.17) is 4.42 Å². The Hall–Kier alpha value is -2.06. The molecule has 3 heterocycles. The molecule has 0 aliphatic carbocycles. The number of aromatic hydroxyl groups is 1. The molecule has 0 bridgehead atoms. The van der Waals surface area contributed by atoms with E-state index in [1.807, 2.05) is 13.0 Å². The largest absolute Gasteiger partial charge is 0.504 e. The van der Waals surface area contributed by atoms with E-state index in [1.54, 1.807) is 20.1 Å². The van der Waals surface area contributed by atoms with Gasteiger partial charge in [-0.25, -0.2) is 12.6 Å². The zero-order chi connectivity index (χ0) is 25.0. The third kappa shape index (κ3) is 5.60. The molecule has 0 amide bonds. The Labute approximate surface area is 207 Å². The van der Waals surface area contributed by atoms with E-state index in [2.05, 4.69) is 33.3 Å². The monoisotopic (exact) mass is 529 g/mol. The molecular weight excluding hydrogens is 498 g/mol. The van der Waals surface area contributed by atoms with Gasteiger partial charge in [0, 0.05) is 25.0 Å². The molecule has 0 spiro atoms. The van der Waals surface area contributed by atoms with Crippen LogP contribution < -0.4 is 10.6 Å². The molecule has 2 aromatic rings. The molecule has 0 radical (unpaired) electrons. The molecule has 1 aliphatic rings. The van der Waals surface area contributed by atoms with Crippen molar-refractivity contribution in [2.45, 2.75) is 57.2 Å².